The van der Waals surface area contributed by atoms with E-state index in [1.165, 1.54) is 4.90 Å². The number of carbonyl (C=O) groups is 1. The van der Waals surface area contributed by atoms with E-state index in [0.29, 0.717) is 5.92 Å². The van der Waals surface area contributed by atoms with Crippen LogP contribution in [-0.2, 0) is 0 Å². The second kappa shape index (κ2) is 6.35. The normalized spacial score (nSPS) is 21.5. The molecule has 0 spiro atoms. The SMILES string of the molecule is CC1CC(Sc2ccccc2)N(C(=O)c2ccccc2)C1. The van der Waals surface area contributed by atoms with E-state index in [1.54, 1.807) is 11.8 Å². The molecule has 2 nitrogen and oxygen atoms in total. The number of likely N-dealkylation sites (tertiary alicyclic amines) is 1. The van der Waals surface area contributed by atoms with Gasteiger partial charge in [0.2, 0.25) is 0 Å². The second-order valence-electron chi connectivity index (χ2n) is 5.55. The molecule has 21 heavy (non-hydrogen) atoms. The molecule has 1 aliphatic heterocycles. The smallest absolute Gasteiger partial charge is 0.254 e. The average Bonchev–Trinajstić information content (AvgIpc) is 2.89. The van der Waals surface area contributed by atoms with Crippen molar-refractivity contribution in [3.05, 3.63) is 66.2 Å². The highest BCUT2D eigenvalue weighted by molar-refractivity contribution is 7.99. The number of hydrogen-bond donors (Lipinski definition) is 0. The molecule has 0 N–H and O–H groups in total. The molecule has 0 saturated carbocycles. The van der Waals surface area contributed by atoms with Crippen molar-refractivity contribution in [3.8, 4) is 0 Å². The quantitative estimate of drug-likeness (QED) is 0.842. The van der Waals surface area contributed by atoms with E-state index in [1.807, 2.05) is 53.4 Å². The highest BCUT2D eigenvalue weighted by atomic mass is 32.2. The molecule has 1 aliphatic rings. The number of thioether (sulfide) groups is 1. The molecule has 3 heteroatoms. The van der Waals surface area contributed by atoms with Crippen molar-refractivity contribution < 1.29 is 4.79 Å². The molecule has 0 aliphatic carbocycles. The Kier molecular flexibility index (Phi) is 4.30. The Bertz CT molecular complexity index is 599. The summed E-state index contributed by atoms with van der Waals surface area (Å²) in [4.78, 5) is 16.0. The summed E-state index contributed by atoms with van der Waals surface area (Å²) < 4.78 is 0. The van der Waals surface area contributed by atoms with Crippen LogP contribution < -0.4 is 0 Å². The Balaban J connectivity index is 1.78. The third-order valence-corrected chi connectivity index (χ3v) is 5.02. The molecule has 2 aromatic rings. The number of rotatable bonds is 3. The van der Waals surface area contributed by atoms with Crippen molar-refractivity contribution in [2.45, 2.75) is 23.6 Å². The highest BCUT2D eigenvalue weighted by Crippen LogP contribution is 2.36. The molecule has 108 valence electrons. The molecule has 2 atom stereocenters. The minimum Gasteiger partial charge on any atom is -0.326 e. The first-order valence-electron chi connectivity index (χ1n) is 7.32. The first kappa shape index (κ1) is 14.2. The van der Waals surface area contributed by atoms with Gasteiger partial charge in [-0.3, -0.25) is 4.79 Å². The Morgan fingerprint density at radius 1 is 1.05 bits per heavy atom. The molecule has 2 unspecified atom stereocenters. The zero-order chi connectivity index (χ0) is 14.7. The van der Waals surface area contributed by atoms with Crippen LogP contribution in [0.15, 0.2) is 65.6 Å². The van der Waals surface area contributed by atoms with Crippen molar-refractivity contribution in [1.82, 2.24) is 4.90 Å². The third kappa shape index (κ3) is 3.30. The maximum Gasteiger partial charge on any atom is 0.254 e. The summed E-state index contributed by atoms with van der Waals surface area (Å²) in [6.45, 7) is 3.06. The third-order valence-electron chi connectivity index (χ3n) is 3.76. The molecule has 0 radical (unpaired) electrons. The zero-order valence-electron chi connectivity index (χ0n) is 12.1. The van der Waals surface area contributed by atoms with Crippen molar-refractivity contribution in [3.63, 3.8) is 0 Å². The summed E-state index contributed by atoms with van der Waals surface area (Å²) in [7, 11) is 0. The predicted octanol–water partition coefficient (Wildman–Crippen LogP) is 4.29. The fraction of sp³-hybridized carbons (Fsp3) is 0.278. The zero-order valence-corrected chi connectivity index (χ0v) is 12.9. The number of benzene rings is 2. The van der Waals surface area contributed by atoms with Gasteiger partial charge in [-0.25, -0.2) is 0 Å². The van der Waals surface area contributed by atoms with Gasteiger partial charge in [-0.1, -0.05) is 43.3 Å². The van der Waals surface area contributed by atoms with Crippen LogP contribution in [0.2, 0.25) is 0 Å². The van der Waals surface area contributed by atoms with Crippen LogP contribution in [-0.4, -0.2) is 22.7 Å². The molecule has 0 bridgehead atoms. The van der Waals surface area contributed by atoms with Crippen molar-refractivity contribution in [2.75, 3.05) is 6.54 Å². The van der Waals surface area contributed by atoms with Crippen molar-refractivity contribution >= 4 is 17.7 Å². The minimum atomic E-state index is 0.147. The van der Waals surface area contributed by atoms with Crippen LogP contribution in [0.4, 0.5) is 0 Å². The molecular weight excluding hydrogens is 278 g/mol. The lowest BCUT2D eigenvalue weighted by Crippen LogP contribution is -2.33. The summed E-state index contributed by atoms with van der Waals surface area (Å²) in [5.74, 6) is 0.701. The van der Waals surface area contributed by atoms with Crippen LogP contribution in [0.1, 0.15) is 23.7 Å². The molecule has 0 aromatic heterocycles. The Morgan fingerprint density at radius 3 is 2.33 bits per heavy atom. The topological polar surface area (TPSA) is 20.3 Å². The van der Waals surface area contributed by atoms with Crippen molar-refractivity contribution in [1.29, 1.82) is 0 Å². The molecule has 1 saturated heterocycles. The number of nitrogens with zero attached hydrogens (tertiary/aromatic N) is 1. The van der Waals surface area contributed by atoms with Crippen LogP contribution >= 0.6 is 11.8 Å². The van der Waals surface area contributed by atoms with E-state index in [9.17, 15) is 4.79 Å². The summed E-state index contributed by atoms with van der Waals surface area (Å²) in [5.41, 5.74) is 0.783. The number of carbonyl (C=O) groups excluding carboxylic acids is 1. The van der Waals surface area contributed by atoms with Gasteiger partial charge in [0.25, 0.3) is 5.91 Å². The highest BCUT2D eigenvalue weighted by Gasteiger charge is 2.34. The number of amides is 1. The van der Waals surface area contributed by atoms with Gasteiger partial charge >= 0.3 is 0 Å². The van der Waals surface area contributed by atoms with Crippen molar-refractivity contribution in [2.24, 2.45) is 5.92 Å². The average molecular weight is 297 g/mol. The van der Waals surface area contributed by atoms with Gasteiger partial charge in [0.05, 0.1) is 5.37 Å². The predicted molar refractivity (Wildman–Crippen MR) is 87.3 cm³/mol. The maximum absolute atomic E-state index is 12.7. The summed E-state index contributed by atoms with van der Waals surface area (Å²) >= 11 is 1.79. The van der Waals surface area contributed by atoms with E-state index in [2.05, 4.69) is 19.1 Å². The molecule has 3 rings (SSSR count). The van der Waals surface area contributed by atoms with Crippen LogP contribution in [0, 0.1) is 5.92 Å². The molecular formula is C18H19NOS. The molecule has 1 fully saturated rings. The second-order valence-corrected chi connectivity index (χ2v) is 6.80. The fourth-order valence-corrected chi connectivity index (χ4v) is 4.09. The molecule has 1 amide bonds. The van der Waals surface area contributed by atoms with Gasteiger partial charge in [0, 0.05) is 17.0 Å². The standard InChI is InChI=1S/C18H19NOS/c1-14-12-17(21-16-10-6-3-7-11-16)19(13-14)18(20)15-8-4-2-5-9-15/h2-11,14,17H,12-13H2,1H3. The van der Waals surface area contributed by atoms with Gasteiger partial charge in [-0.15, -0.1) is 11.8 Å². The van der Waals surface area contributed by atoms with E-state index >= 15 is 0 Å². The Hall–Kier alpha value is -1.74. The monoisotopic (exact) mass is 297 g/mol. The lowest BCUT2D eigenvalue weighted by molar-refractivity contribution is 0.0774. The van der Waals surface area contributed by atoms with E-state index in [0.717, 1.165) is 18.5 Å². The maximum atomic E-state index is 12.7. The van der Waals surface area contributed by atoms with Gasteiger partial charge < -0.3 is 4.90 Å². The van der Waals surface area contributed by atoms with E-state index in [4.69, 9.17) is 0 Å². The molecule has 1 heterocycles. The molecule has 2 aromatic carbocycles. The fourth-order valence-electron chi connectivity index (χ4n) is 2.73. The van der Waals surface area contributed by atoms with Crippen LogP contribution in [0.25, 0.3) is 0 Å². The first-order valence-corrected chi connectivity index (χ1v) is 8.20. The summed E-state index contributed by atoms with van der Waals surface area (Å²) in [6, 6.07) is 19.9. The van der Waals surface area contributed by atoms with E-state index < -0.39 is 0 Å². The van der Waals surface area contributed by atoms with Crippen LogP contribution in [0.3, 0.4) is 0 Å². The number of hydrogen-bond acceptors (Lipinski definition) is 2. The lowest BCUT2D eigenvalue weighted by Gasteiger charge is -2.24. The lowest BCUT2D eigenvalue weighted by atomic mass is 10.2. The summed E-state index contributed by atoms with van der Waals surface area (Å²) in [5, 5.41) is 0.232. The van der Waals surface area contributed by atoms with Gasteiger partial charge in [-0.2, -0.15) is 0 Å². The van der Waals surface area contributed by atoms with Crippen LogP contribution in [0.5, 0.6) is 0 Å². The van der Waals surface area contributed by atoms with Gasteiger partial charge in [-0.05, 0) is 36.6 Å². The van der Waals surface area contributed by atoms with Gasteiger partial charge in [0.15, 0.2) is 0 Å². The Labute approximate surface area is 130 Å². The summed E-state index contributed by atoms with van der Waals surface area (Å²) in [6.07, 6.45) is 1.05. The van der Waals surface area contributed by atoms with Gasteiger partial charge in [0.1, 0.15) is 0 Å². The Morgan fingerprint density at radius 2 is 1.67 bits per heavy atom. The largest absolute Gasteiger partial charge is 0.326 e. The van der Waals surface area contributed by atoms with E-state index in [-0.39, 0.29) is 11.3 Å². The minimum absolute atomic E-state index is 0.147. The first-order chi connectivity index (χ1) is 10.2.